The quantitative estimate of drug-likeness (QED) is 0.657. The fourth-order valence-corrected chi connectivity index (χ4v) is 3.65. The Morgan fingerprint density at radius 3 is 2.39 bits per heavy atom. The molecule has 2 saturated heterocycles. The van der Waals surface area contributed by atoms with Crippen LogP contribution in [0.25, 0.3) is 0 Å². The fourth-order valence-electron chi connectivity index (χ4n) is 3.65. The zero-order valence-electron chi connectivity index (χ0n) is 10.5. The van der Waals surface area contributed by atoms with E-state index in [2.05, 4.69) is 11.9 Å². The van der Waals surface area contributed by atoms with Crippen LogP contribution in [-0.4, -0.2) is 40.3 Å². The summed E-state index contributed by atoms with van der Waals surface area (Å²) in [4.78, 5) is 26.6. The Morgan fingerprint density at radius 2 is 1.72 bits per heavy atom. The monoisotopic (exact) mass is 246 g/mol. The minimum atomic E-state index is 0.0841. The molecule has 2 heterocycles. The lowest BCUT2D eigenvalue weighted by molar-refractivity contribution is 0.237. The molecule has 1 saturated carbocycles. The van der Waals surface area contributed by atoms with Crippen LogP contribution < -0.4 is 0 Å². The van der Waals surface area contributed by atoms with Crippen LogP contribution >= 0.6 is 0 Å². The molecule has 4 nitrogen and oxygen atoms in total. The highest BCUT2D eigenvalue weighted by Crippen LogP contribution is 2.41. The van der Waals surface area contributed by atoms with Gasteiger partial charge in [0.05, 0.1) is 6.04 Å². The van der Waals surface area contributed by atoms with Crippen molar-refractivity contribution in [3.63, 3.8) is 0 Å². The molecular formula is C14H18N2O2. The van der Waals surface area contributed by atoms with Gasteiger partial charge in [0, 0.05) is 12.6 Å². The summed E-state index contributed by atoms with van der Waals surface area (Å²) in [5.74, 6) is 4.75. The van der Waals surface area contributed by atoms with Gasteiger partial charge >= 0.3 is 0 Å². The molecule has 0 spiro atoms. The number of fused-ring (bicyclic) bond motifs is 1. The molecule has 0 aromatic carbocycles. The number of rotatable bonds is 1. The molecule has 0 amide bonds. The van der Waals surface area contributed by atoms with Gasteiger partial charge in [0.1, 0.15) is 11.6 Å². The summed E-state index contributed by atoms with van der Waals surface area (Å²) in [6.45, 7) is 0.865. The van der Waals surface area contributed by atoms with E-state index in [0.29, 0.717) is 17.6 Å². The van der Waals surface area contributed by atoms with E-state index in [1.165, 1.54) is 19.3 Å². The molecule has 3 rings (SSSR count). The molecule has 4 heteroatoms. The molecule has 0 unspecified atom stereocenters. The molecule has 96 valence electrons. The first kappa shape index (κ1) is 11.6. The van der Waals surface area contributed by atoms with Gasteiger partial charge < -0.3 is 9.80 Å². The first-order valence-corrected chi connectivity index (χ1v) is 6.93. The van der Waals surface area contributed by atoms with E-state index in [4.69, 9.17) is 0 Å². The van der Waals surface area contributed by atoms with Crippen LogP contribution in [0.5, 0.6) is 0 Å². The van der Waals surface area contributed by atoms with E-state index < -0.39 is 0 Å². The van der Waals surface area contributed by atoms with Crippen LogP contribution in [0.1, 0.15) is 44.9 Å². The van der Waals surface area contributed by atoms with Crippen molar-refractivity contribution in [3.05, 3.63) is 11.5 Å². The van der Waals surface area contributed by atoms with Crippen molar-refractivity contribution in [1.29, 1.82) is 0 Å². The second-order valence-electron chi connectivity index (χ2n) is 5.43. The second-order valence-corrected chi connectivity index (χ2v) is 5.43. The topological polar surface area (TPSA) is 40.6 Å². The van der Waals surface area contributed by atoms with E-state index in [-0.39, 0.29) is 6.04 Å². The summed E-state index contributed by atoms with van der Waals surface area (Å²) >= 11 is 0. The van der Waals surface area contributed by atoms with Crippen molar-refractivity contribution < 1.29 is 9.59 Å². The Hall–Kier alpha value is -1.50. The van der Waals surface area contributed by atoms with Crippen LogP contribution in [0.2, 0.25) is 0 Å². The maximum absolute atomic E-state index is 11.3. The lowest BCUT2D eigenvalue weighted by Gasteiger charge is -2.32. The van der Waals surface area contributed by atoms with E-state index >= 15 is 0 Å². The lowest BCUT2D eigenvalue weighted by Crippen LogP contribution is -2.34. The van der Waals surface area contributed by atoms with Crippen molar-refractivity contribution in [1.82, 2.24) is 9.80 Å². The van der Waals surface area contributed by atoms with Gasteiger partial charge in [0.25, 0.3) is 0 Å². The number of carbonyl (C=O) groups excluding carboxylic acids is 2. The Morgan fingerprint density at radius 1 is 0.944 bits per heavy atom. The van der Waals surface area contributed by atoms with Crippen molar-refractivity contribution in [3.8, 4) is 0 Å². The summed E-state index contributed by atoms with van der Waals surface area (Å²) in [7, 11) is 0. The van der Waals surface area contributed by atoms with Crippen molar-refractivity contribution in [2.75, 3.05) is 6.54 Å². The lowest BCUT2D eigenvalue weighted by atomic mass is 9.94. The molecule has 3 fully saturated rings. The second kappa shape index (κ2) is 4.64. The van der Waals surface area contributed by atoms with Crippen LogP contribution in [-0.2, 0) is 9.59 Å². The van der Waals surface area contributed by atoms with Crippen LogP contribution in [0.4, 0.5) is 0 Å². The van der Waals surface area contributed by atoms with Crippen molar-refractivity contribution >= 4 is 11.9 Å². The molecule has 0 aromatic heterocycles. The fraction of sp³-hybridized carbons (Fsp3) is 0.714. The average molecular weight is 246 g/mol. The number of hydrogen-bond acceptors (Lipinski definition) is 4. The molecule has 2 aliphatic heterocycles. The summed E-state index contributed by atoms with van der Waals surface area (Å²) in [5, 5.41) is 0. The van der Waals surface area contributed by atoms with E-state index in [9.17, 15) is 9.59 Å². The molecule has 18 heavy (non-hydrogen) atoms. The zero-order chi connectivity index (χ0) is 12.5. The third-order valence-corrected chi connectivity index (χ3v) is 4.46. The Bertz CT molecular complexity index is 409. The third-order valence-electron chi connectivity index (χ3n) is 4.46. The summed E-state index contributed by atoms with van der Waals surface area (Å²) in [6.07, 6.45) is 7.76. The van der Waals surface area contributed by atoms with Gasteiger partial charge in [-0.15, -0.1) is 0 Å². The van der Waals surface area contributed by atoms with Gasteiger partial charge in [-0.05, 0) is 25.7 Å². The molecule has 0 aromatic rings. The summed E-state index contributed by atoms with van der Waals surface area (Å²) in [5.41, 5.74) is 0.678. The smallest absolute Gasteiger partial charge is 0.197 e. The SMILES string of the molecule is O=C=C1[C@@H]2CCCN2C(=C=O)N1C1CCCCC1. The van der Waals surface area contributed by atoms with Crippen LogP contribution in [0.15, 0.2) is 11.5 Å². The van der Waals surface area contributed by atoms with Crippen LogP contribution in [0, 0.1) is 0 Å². The van der Waals surface area contributed by atoms with Gasteiger partial charge in [0.15, 0.2) is 11.8 Å². The normalized spacial score (nSPS) is 28.3. The number of hydrogen-bond donors (Lipinski definition) is 0. The highest BCUT2D eigenvalue weighted by atomic mass is 16.1. The molecule has 0 bridgehead atoms. The highest BCUT2D eigenvalue weighted by molar-refractivity contribution is 5.63. The minimum Gasteiger partial charge on any atom is -0.339 e. The first-order chi connectivity index (χ1) is 8.86. The Balaban J connectivity index is 1.96. The summed E-state index contributed by atoms with van der Waals surface area (Å²) in [6, 6.07) is 0.387. The Labute approximate surface area is 107 Å². The molecular weight excluding hydrogens is 228 g/mol. The maximum Gasteiger partial charge on any atom is 0.197 e. The van der Waals surface area contributed by atoms with Gasteiger partial charge in [-0.3, -0.25) is 0 Å². The molecule has 0 N–H and O–H groups in total. The zero-order valence-corrected chi connectivity index (χ0v) is 10.5. The first-order valence-electron chi connectivity index (χ1n) is 6.93. The van der Waals surface area contributed by atoms with Crippen molar-refractivity contribution in [2.45, 2.75) is 57.0 Å². The van der Waals surface area contributed by atoms with E-state index in [1.807, 2.05) is 9.80 Å². The standard InChI is InChI=1S/C14H18N2O2/c17-9-13-12-7-4-8-15(12)14(10-18)16(13)11-5-2-1-3-6-11/h11-12H,1-8H2/t12-/m0/s1. The predicted octanol–water partition coefficient (Wildman–Crippen LogP) is 1.49. The molecule has 3 aliphatic rings. The number of nitrogens with zero attached hydrogens (tertiary/aromatic N) is 2. The average Bonchev–Trinajstić information content (AvgIpc) is 2.98. The third kappa shape index (κ3) is 1.61. The molecule has 0 radical (unpaired) electrons. The van der Waals surface area contributed by atoms with Gasteiger partial charge in [-0.2, -0.15) is 0 Å². The van der Waals surface area contributed by atoms with Crippen molar-refractivity contribution in [2.24, 2.45) is 0 Å². The van der Waals surface area contributed by atoms with E-state index in [1.54, 1.807) is 0 Å². The van der Waals surface area contributed by atoms with Gasteiger partial charge in [-0.1, -0.05) is 19.3 Å². The van der Waals surface area contributed by atoms with Gasteiger partial charge in [-0.25, -0.2) is 9.59 Å². The van der Waals surface area contributed by atoms with E-state index in [0.717, 1.165) is 32.2 Å². The molecule has 1 aliphatic carbocycles. The largest absolute Gasteiger partial charge is 0.339 e. The minimum absolute atomic E-state index is 0.0841. The maximum atomic E-state index is 11.3. The predicted molar refractivity (Wildman–Crippen MR) is 66.9 cm³/mol. The Kier molecular flexibility index (Phi) is 2.99. The molecule has 1 atom stereocenters. The summed E-state index contributed by atoms with van der Waals surface area (Å²) < 4.78 is 0. The van der Waals surface area contributed by atoms with Gasteiger partial charge in [0.2, 0.25) is 0 Å². The van der Waals surface area contributed by atoms with Crippen LogP contribution in [0.3, 0.4) is 0 Å². The highest BCUT2D eigenvalue weighted by Gasteiger charge is 2.46.